The summed E-state index contributed by atoms with van der Waals surface area (Å²) in [6.07, 6.45) is 5.11. The predicted octanol–water partition coefficient (Wildman–Crippen LogP) is 2.94. The number of carbonyl (C=O) groups is 1. The zero-order chi connectivity index (χ0) is 16.9. The van der Waals surface area contributed by atoms with Crippen LogP contribution in [0.4, 0.5) is 5.13 Å². The molecule has 0 aromatic carbocycles. The molecule has 0 saturated carbocycles. The largest absolute Gasteiger partial charge is 0.302 e. The molecule has 3 aromatic rings. The van der Waals surface area contributed by atoms with Crippen LogP contribution in [0.2, 0.25) is 0 Å². The molecule has 0 spiro atoms. The molecule has 0 bridgehead atoms. The molecule has 9 heteroatoms. The van der Waals surface area contributed by atoms with Crippen molar-refractivity contribution in [3.8, 4) is 11.4 Å². The van der Waals surface area contributed by atoms with Gasteiger partial charge in [0.05, 0.1) is 5.25 Å². The van der Waals surface area contributed by atoms with Gasteiger partial charge in [-0.3, -0.25) is 9.78 Å². The normalized spacial score (nSPS) is 12.1. The van der Waals surface area contributed by atoms with Crippen LogP contribution in [0.5, 0.6) is 0 Å². The molecule has 3 heterocycles. The SMILES string of the molecule is CCn1c(S[C@H](C)C(=O)Nc2nccs2)nnc1-c1ccncc1. The van der Waals surface area contributed by atoms with Crippen molar-refractivity contribution in [1.82, 2.24) is 24.7 Å². The van der Waals surface area contributed by atoms with Gasteiger partial charge in [0, 0.05) is 36.1 Å². The van der Waals surface area contributed by atoms with Crippen molar-refractivity contribution in [2.24, 2.45) is 0 Å². The number of hydrogen-bond donors (Lipinski definition) is 1. The van der Waals surface area contributed by atoms with Gasteiger partial charge in [0.25, 0.3) is 0 Å². The Morgan fingerprint density at radius 3 is 2.79 bits per heavy atom. The van der Waals surface area contributed by atoms with E-state index in [4.69, 9.17) is 0 Å². The van der Waals surface area contributed by atoms with Gasteiger partial charge in [-0.15, -0.1) is 21.5 Å². The molecule has 1 N–H and O–H groups in total. The number of nitrogens with one attached hydrogen (secondary N) is 1. The highest BCUT2D eigenvalue weighted by Gasteiger charge is 2.20. The lowest BCUT2D eigenvalue weighted by molar-refractivity contribution is -0.115. The molecule has 1 amide bonds. The van der Waals surface area contributed by atoms with E-state index in [0.717, 1.165) is 11.4 Å². The van der Waals surface area contributed by atoms with Crippen molar-refractivity contribution in [1.29, 1.82) is 0 Å². The highest BCUT2D eigenvalue weighted by atomic mass is 32.2. The lowest BCUT2D eigenvalue weighted by Crippen LogP contribution is -2.22. The Kier molecular flexibility index (Phi) is 5.21. The van der Waals surface area contributed by atoms with Gasteiger partial charge in [0.15, 0.2) is 16.1 Å². The topological polar surface area (TPSA) is 85.6 Å². The first-order valence-electron chi connectivity index (χ1n) is 7.39. The number of hydrogen-bond acceptors (Lipinski definition) is 7. The first-order chi connectivity index (χ1) is 11.7. The second-order valence-electron chi connectivity index (χ2n) is 4.87. The zero-order valence-electron chi connectivity index (χ0n) is 13.2. The fraction of sp³-hybridized carbons (Fsp3) is 0.267. The molecule has 3 aromatic heterocycles. The van der Waals surface area contributed by atoms with Gasteiger partial charge < -0.3 is 9.88 Å². The fourth-order valence-electron chi connectivity index (χ4n) is 2.08. The van der Waals surface area contributed by atoms with Crippen molar-refractivity contribution in [2.75, 3.05) is 5.32 Å². The second-order valence-corrected chi connectivity index (χ2v) is 7.08. The van der Waals surface area contributed by atoms with E-state index in [-0.39, 0.29) is 11.2 Å². The van der Waals surface area contributed by atoms with E-state index in [1.807, 2.05) is 35.9 Å². The van der Waals surface area contributed by atoms with Crippen molar-refractivity contribution in [3.05, 3.63) is 36.1 Å². The number of thioether (sulfide) groups is 1. The van der Waals surface area contributed by atoms with Crippen LogP contribution in [-0.2, 0) is 11.3 Å². The number of anilines is 1. The van der Waals surface area contributed by atoms with Crippen LogP contribution in [0.1, 0.15) is 13.8 Å². The molecular weight excluding hydrogens is 344 g/mol. The van der Waals surface area contributed by atoms with Gasteiger partial charge >= 0.3 is 0 Å². The van der Waals surface area contributed by atoms with Crippen LogP contribution < -0.4 is 5.32 Å². The molecule has 0 unspecified atom stereocenters. The Balaban J connectivity index is 1.75. The molecule has 0 aliphatic rings. The van der Waals surface area contributed by atoms with Crippen LogP contribution in [0.3, 0.4) is 0 Å². The number of amides is 1. The Morgan fingerprint density at radius 1 is 1.33 bits per heavy atom. The summed E-state index contributed by atoms with van der Waals surface area (Å²) in [4.78, 5) is 20.3. The molecule has 0 aliphatic heterocycles. The molecule has 24 heavy (non-hydrogen) atoms. The molecule has 0 radical (unpaired) electrons. The van der Waals surface area contributed by atoms with Crippen molar-refractivity contribution in [3.63, 3.8) is 0 Å². The highest BCUT2D eigenvalue weighted by Crippen LogP contribution is 2.27. The third-order valence-electron chi connectivity index (χ3n) is 3.29. The third-order valence-corrected chi connectivity index (χ3v) is 5.05. The summed E-state index contributed by atoms with van der Waals surface area (Å²) in [5.41, 5.74) is 0.950. The van der Waals surface area contributed by atoms with E-state index in [9.17, 15) is 4.79 Å². The number of nitrogens with zero attached hydrogens (tertiary/aromatic N) is 5. The lowest BCUT2D eigenvalue weighted by Gasteiger charge is -2.11. The fourth-order valence-corrected chi connectivity index (χ4v) is 3.52. The van der Waals surface area contributed by atoms with Gasteiger partial charge in [-0.1, -0.05) is 11.8 Å². The number of carbonyl (C=O) groups excluding carboxylic acids is 1. The molecular formula is C15H16N6OS2. The minimum atomic E-state index is -0.311. The minimum absolute atomic E-state index is 0.105. The quantitative estimate of drug-likeness (QED) is 0.680. The zero-order valence-corrected chi connectivity index (χ0v) is 14.8. The molecule has 7 nitrogen and oxygen atoms in total. The van der Waals surface area contributed by atoms with E-state index in [1.165, 1.54) is 23.1 Å². The third kappa shape index (κ3) is 3.62. The van der Waals surface area contributed by atoms with E-state index in [2.05, 4.69) is 25.5 Å². The maximum absolute atomic E-state index is 12.3. The van der Waals surface area contributed by atoms with Crippen LogP contribution in [0.15, 0.2) is 41.3 Å². The summed E-state index contributed by atoms with van der Waals surface area (Å²) >= 11 is 2.77. The lowest BCUT2D eigenvalue weighted by atomic mass is 10.2. The molecule has 1 atom stereocenters. The maximum atomic E-state index is 12.3. The Morgan fingerprint density at radius 2 is 2.12 bits per heavy atom. The number of rotatable bonds is 6. The molecule has 0 saturated heterocycles. The molecule has 0 fully saturated rings. The van der Waals surface area contributed by atoms with Crippen molar-refractivity contribution >= 4 is 34.1 Å². The van der Waals surface area contributed by atoms with Gasteiger partial charge in [0.2, 0.25) is 5.91 Å². The first-order valence-corrected chi connectivity index (χ1v) is 9.15. The average molecular weight is 360 g/mol. The predicted molar refractivity (Wildman–Crippen MR) is 95.0 cm³/mol. The van der Waals surface area contributed by atoms with Gasteiger partial charge in [0.1, 0.15) is 0 Å². The first kappa shape index (κ1) is 16.6. The Labute approximate surface area is 147 Å². The van der Waals surface area contributed by atoms with Crippen LogP contribution in [0.25, 0.3) is 11.4 Å². The highest BCUT2D eigenvalue weighted by molar-refractivity contribution is 8.00. The number of thiazole rings is 1. The Bertz CT molecular complexity index is 803. The summed E-state index contributed by atoms with van der Waals surface area (Å²) in [6.45, 7) is 4.58. The summed E-state index contributed by atoms with van der Waals surface area (Å²) in [7, 11) is 0. The van der Waals surface area contributed by atoms with Gasteiger partial charge in [-0.25, -0.2) is 4.98 Å². The van der Waals surface area contributed by atoms with Crippen LogP contribution in [0, 0.1) is 0 Å². The van der Waals surface area contributed by atoms with Gasteiger partial charge in [-0.05, 0) is 26.0 Å². The van der Waals surface area contributed by atoms with Crippen LogP contribution >= 0.6 is 23.1 Å². The Hall–Kier alpha value is -2.26. The van der Waals surface area contributed by atoms with Crippen molar-refractivity contribution < 1.29 is 4.79 Å². The van der Waals surface area contributed by atoms with E-state index < -0.39 is 0 Å². The van der Waals surface area contributed by atoms with Crippen LogP contribution in [-0.4, -0.2) is 35.9 Å². The van der Waals surface area contributed by atoms with E-state index in [0.29, 0.717) is 16.8 Å². The second kappa shape index (κ2) is 7.54. The number of aromatic nitrogens is 5. The average Bonchev–Trinajstić information content (AvgIpc) is 3.25. The molecule has 3 rings (SSSR count). The smallest absolute Gasteiger partial charge is 0.239 e. The van der Waals surface area contributed by atoms with Crippen molar-refractivity contribution in [2.45, 2.75) is 30.8 Å². The summed E-state index contributed by atoms with van der Waals surface area (Å²) in [5, 5.41) is 14.1. The van der Waals surface area contributed by atoms with Gasteiger partial charge in [-0.2, -0.15) is 0 Å². The minimum Gasteiger partial charge on any atom is -0.302 e. The maximum Gasteiger partial charge on any atom is 0.239 e. The van der Waals surface area contributed by atoms with E-state index in [1.54, 1.807) is 18.6 Å². The molecule has 0 aliphatic carbocycles. The summed E-state index contributed by atoms with van der Waals surface area (Å²) in [5.74, 6) is 0.668. The molecule has 124 valence electrons. The summed E-state index contributed by atoms with van der Waals surface area (Å²) < 4.78 is 1.99. The monoisotopic (exact) mass is 360 g/mol. The van der Waals surface area contributed by atoms with E-state index >= 15 is 0 Å². The summed E-state index contributed by atoms with van der Waals surface area (Å²) in [6, 6.07) is 3.78. The number of pyridine rings is 1. The standard InChI is InChI=1S/C15H16N6OS2/c1-3-21-12(11-4-6-16-7-5-11)19-20-15(21)24-10(2)13(22)18-14-17-8-9-23-14/h4-10H,3H2,1-2H3,(H,17,18,22)/t10-/m1/s1.